The molecule has 1 N–H and O–H groups in total. The van der Waals surface area contributed by atoms with Gasteiger partial charge < -0.3 is 14.4 Å². The van der Waals surface area contributed by atoms with E-state index >= 15 is 0 Å². The van der Waals surface area contributed by atoms with Crippen molar-refractivity contribution in [2.45, 2.75) is 26.3 Å². The molecule has 2 rings (SSSR count). The van der Waals surface area contributed by atoms with Crippen LogP contribution in [0.15, 0.2) is 12.1 Å². The third-order valence-corrected chi connectivity index (χ3v) is 4.53. The molecule has 0 aliphatic carbocycles. The molecule has 26 heavy (non-hydrogen) atoms. The molecule has 144 valence electrons. The zero-order chi connectivity index (χ0) is 19.6. The summed E-state index contributed by atoms with van der Waals surface area (Å²) in [6.45, 7) is 2.71. The van der Waals surface area contributed by atoms with Crippen molar-refractivity contribution >= 4 is 12.2 Å². The number of ether oxygens (including phenoxy) is 2. The van der Waals surface area contributed by atoms with E-state index in [-0.39, 0.29) is 11.4 Å². The highest BCUT2D eigenvalue weighted by Gasteiger charge is 2.37. The molecule has 6 nitrogen and oxygen atoms in total. The van der Waals surface area contributed by atoms with E-state index in [1.165, 1.54) is 11.7 Å². The van der Waals surface area contributed by atoms with Crippen LogP contribution in [0.2, 0.25) is 0 Å². The molecule has 2 aromatic rings. The number of rotatable bonds is 6. The zero-order valence-electron chi connectivity index (χ0n) is 15.3. The van der Waals surface area contributed by atoms with Crippen LogP contribution < -0.4 is 14.4 Å². The third kappa shape index (κ3) is 4.18. The van der Waals surface area contributed by atoms with Crippen molar-refractivity contribution in [1.82, 2.24) is 14.3 Å². The van der Waals surface area contributed by atoms with Crippen LogP contribution in [0, 0.1) is 11.7 Å². The molecule has 0 saturated heterocycles. The first-order chi connectivity index (χ1) is 12.1. The summed E-state index contributed by atoms with van der Waals surface area (Å²) in [6, 6.07) is 3.74. The topological polar surface area (TPSA) is 45.7 Å². The molecule has 0 saturated carbocycles. The molecular formula is C16H22F3N4O2S+. The Labute approximate surface area is 154 Å². The minimum Gasteiger partial charge on any atom is -0.493 e. The maximum absolute atomic E-state index is 13.0. The summed E-state index contributed by atoms with van der Waals surface area (Å²) in [4.78, 5) is 0.920. The Bertz CT molecular complexity index is 845. The Morgan fingerprint density at radius 1 is 1.19 bits per heavy atom. The summed E-state index contributed by atoms with van der Waals surface area (Å²) in [7, 11) is 6.25. The van der Waals surface area contributed by atoms with Gasteiger partial charge in [0.1, 0.15) is 6.54 Å². The molecule has 0 fully saturated rings. The molecule has 0 amide bonds. The predicted octanol–water partition coefficient (Wildman–Crippen LogP) is 1.97. The molecule has 0 aliphatic heterocycles. The van der Waals surface area contributed by atoms with Crippen molar-refractivity contribution in [3.05, 3.63) is 33.9 Å². The van der Waals surface area contributed by atoms with Gasteiger partial charge in [0.25, 0.3) is 0 Å². The monoisotopic (exact) mass is 391 g/mol. The highest BCUT2D eigenvalue weighted by Crippen LogP contribution is 2.30. The number of methoxy groups -OCH3 is 2. The summed E-state index contributed by atoms with van der Waals surface area (Å²) in [5, 5.41) is 3.63. The number of hydrogen-bond donors (Lipinski definition) is 1. The van der Waals surface area contributed by atoms with Gasteiger partial charge in [0.15, 0.2) is 18.2 Å². The van der Waals surface area contributed by atoms with Crippen LogP contribution in [0.25, 0.3) is 0 Å². The summed E-state index contributed by atoms with van der Waals surface area (Å²) >= 11 is 5.08. The standard InChI is InChI=1S/C16H21F3N4O2S/c1-10-6-12(24-4)13(25-5)7-11(10)8-21(2)9-23-15(26)22(3)14(20-23)16(17,18)19/h6-7H,8-9H2,1-5H3/p+1. The maximum Gasteiger partial charge on any atom is 0.451 e. The van der Waals surface area contributed by atoms with Gasteiger partial charge >= 0.3 is 6.18 Å². The normalized spacial score (nSPS) is 12.9. The van der Waals surface area contributed by atoms with Gasteiger partial charge in [0.05, 0.1) is 21.3 Å². The third-order valence-electron chi connectivity index (χ3n) is 4.05. The highest BCUT2D eigenvalue weighted by molar-refractivity contribution is 7.71. The van der Waals surface area contributed by atoms with Crippen molar-refractivity contribution in [1.29, 1.82) is 0 Å². The summed E-state index contributed by atoms with van der Waals surface area (Å²) in [5.41, 5.74) is 2.00. The number of nitrogens with zero attached hydrogens (tertiary/aromatic N) is 3. The molecular weight excluding hydrogens is 369 g/mol. The molecule has 1 aromatic heterocycles. The first kappa shape index (κ1) is 20.2. The van der Waals surface area contributed by atoms with Gasteiger partial charge in [-0.05, 0) is 36.8 Å². The fraction of sp³-hybridized carbons (Fsp3) is 0.500. The van der Waals surface area contributed by atoms with Gasteiger partial charge in [-0.2, -0.15) is 17.9 Å². The fourth-order valence-electron chi connectivity index (χ4n) is 2.69. The van der Waals surface area contributed by atoms with Crippen LogP contribution in [0.4, 0.5) is 13.2 Å². The quantitative estimate of drug-likeness (QED) is 0.765. The molecule has 1 atom stereocenters. The second-order valence-corrected chi connectivity index (χ2v) is 6.45. The molecule has 1 heterocycles. The van der Waals surface area contributed by atoms with E-state index in [0.717, 1.165) is 20.6 Å². The smallest absolute Gasteiger partial charge is 0.451 e. The van der Waals surface area contributed by atoms with Crippen LogP contribution in [-0.4, -0.2) is 35.6 Å². The summed E-state index contributed by atoms with van der Waals surface area (Å²) in [6.07, 6.45) is -4.54. The van der Waals surface area contributed by atoms with Crippen LogP contribution >= 0.6 is 12.2 Å². The minimum absolute atomic E-state index is 0.0284. The van der Waals surface area contributed by atoms with Crippen LogP contribution in [0.3, 0.4) is 0 Å². The maximum atomic E-state index is 13.0. The van der Waals surface area contributed by atoms with Crippen molar-refractivity contribution in [2.75, 3.05) is 21.3 Å². The lowest BCUT2D eigenvalue weighted by Crippen LogP contribution is -3.07. The van der Waals surface area contributed by atoms with Gasteiger partial charge in [0.2, 0.25) is 10.6 Å². The molecule has 0 radical (unpaired) electrons. The Morgan fingerprint density at radius 3 is 2.27 bits per heavy atom. The van der Waals surface area contributed by atoms with Gasteiger partial charge in [-0.15, -0.1) is 5.10 Å². The van der Waals surface area contributed by atoms with E-state index in [1.807, 2.05) is 26.1 Å². The van der Waals surface area contributed by atoms with E-state index in [2.05, 4.69) is 5.10 Å². The summed E-state index contributed by atoms with van der Waals surface area (Å²) < 4.78 is 51.6. The number of quaternary nitrogens is 1. The lowest BCUT2D eigenvalue weighted by atomic mass is 10.1. The van der Waals surface area contributed by atoms with E-state index in [9.17, 15) is 13.2 Å². The van der Waals surface area contributed by atoms with Crippen LogP contribution in [0.1, 0.15) is 17.0 Å². The largest absolute Gasteiger partial charge is 0.493 e. The van der Waals surface area contributed by atoms with Gasteiger partial charge in [-0.1, -0.05) is 0 Å². The Balaban J connectivity index is 2.22. The first-order valence-corrected chi connectivity index (χ1v) is 8.23. The van der Waals surface area contributed by atoms with E-state index < -0.39 is 12.0 Å². The van der Waals surface area contributed by atoms with E-state index in [0.29, 0.717) is 18.0 Å². The van der Waals surface area contributed by atoms with Crippen molar-refractivity contribution in [3.8, 4) is 11.5 Å². The Hall–Kier alpha value is -2.07. The number of hydrogen-bond acceptors (Lipinski definition) is 4. The Kier molecular flexibility index (Phi) is 5.97. The number of alkyl halides is 3. The number of benzene rings is 1. The molecule has 0 bridgehead atoms. The average Bonchev–Trinajstić information content (AvgIpc) is 2.84. The number of aromatic nitrogens is 3. The number of halogens is 3. The molecule has 0 aliphatic rings. The lowest BCUT2D eigenvalue weighted by Gasteiger charge is -2.17. The first-order valence-electron chi connectivity index (χ1n) is 7.82. The zero-order valence-corrected chi connectivity index (χ0v) is 16.1. The molecule has 1 unspecified atom stereocenters. The van der Waals surface area contributed by atoms with E-state index in [1.54, 1.807) is 14.2 Å². The van der Waals surface area contributed by atoms with Crippen LogP contribution in [0.5, 0.6) is 11.5 Å². The number of aryl methyl sites for hydroxylation is 1. The second-order valence-electron chi connectivity index (χ2n) is 6.09. The molecule has 1 aromatic carbocycles. The Morgan fingerprint density at radius 2 is 1.77 bits per heavy atom. The van der Waals surface area contributed by atoms with E-state index in [4.69, 9.17) is 21.7 Å². The van der Waals surface area contributed by atoms with Crippen molar-refractivity contribution < 1.29 is 27.5 Å². The molecule has 0 spiro atoms. The second kappa shape index (κ2) is 7.67. The molecule has 10 heteroatoms. The van der Waals surface area contributed by atoms with Gasteiger partial charge in [-0.3, -0.25) is 4.57 Å². The van der Waals surface area contributed by atoms with Crippen molar-refractivity contribution in [3.63, 3.8) is 0 Å². The van der Waals surface area contributed by atoms with Crippen LogP contribution in [-0.2, 0) is 26.4 Å². The highest BCUT2D eigenvalue weighted by atomic mass is 32.1. The SMILES string of the molecule is COc1cc(C)c(C[NH+](C)Cn2nc(C(F)(F)F)n(C)c2=S)cc1OC. The predicted molar refractivity (Wildman–Crippen MR) is 91.9 cm³/mol. The average molecular weight is 391 g/mol. The summed E-state index contributed by atoms with van der Waals surface area (Å²) in [5.74, 6) is 0.237. The van der Waals surface area contributed by atoms with Crippen molar-refractivity contribution in [2.24, 2.45) is 7.05 Å². The lowest BCUT2D eigenvalue weighted by molar-refractivity contribution is -0.917. The number of nitrogens with one attached hydrogen (secondary N) is 1. The van der Waals surface area contributed by atoms with Gasteiger partial charge in [0, 0.05) is 12.6 Å². The fourth-order valence-corrected chi connectivity index (χ4v) is 2.88. The minimum atomic E-state index is -4.54. The van der Waals surface area contributed by atoms with Gasteiger partial charge in [-0.25, -0.2) is 0 Å².